The fourth-order valence-electron chi connectivity index (χ4n) is 1.65. The SMILES string of the molecule is CC(O)C1Cc2cc(Br)ccc2N1. The highest BCUT2D eigenvalue weighted by Crippen LogP contribution is 2.29. The van der Waals surface area contributed by atoms with Crippen LogP contribution in [0.1, 0.15) is 12.5 Å². The molecular weight excluding hydrogens is 230 g/mol. The molecule has 0 saturated heterocycles. The average Bonchev–Trinajstić information content (AvgIpc) is 2.46. The van der Waals surface area contributed by atoms with Gasteiger partial charge < -0.3 is 10.4 Å². The van der Waals surface area contributed by atoms with Crippen LogP contribution in [-0.4, -0.2) is 17.3 Å². The van der Waals surface area contributed by atoms with Crippen LogP contribution in [0.3, 0.4) is 0 Å². The highest BCUT2D eigenvalue weighted by atomic mass is 79.9. The van der Waals surface area contributed by atoms with Gasteiger partial charge in [-0.25, -0.2) is 0 Å². The quantitative estimate of drug-likeness (QED) is 0.790. The second-order valence-electron chi connectivity index (χ2n) is 3.50. The maximum Gasteiger partial charge on any atom is 0.0716 e. The molecule has 1 aliphatic heterocycles. The summed E-state index contributed by atoms with van der Waals surface area (Å²) < 4.78 is 1.10. The van der Waals surface area contributed by atoms with E-state index < -0.39 is 0 Å². The van der Waals surface area contributed by atoms with Gasteiger partial charge in [-0.2, -0.15) is 0 Å². The molecule has 0 radical (unpaired) electrons. The minimum Gasteiger partial charge on any atom is -0.391 e. The first kappa shape index (κ1) is 9.03. The molecule has 2 atom stereocenters. The van der Waals surface area contributed by atoms with Crippen molar-refractivity contribution in [2.24, 2.45) is 0 Å². The maximum absolute atomic E-state index is 9.42. The number of fused-ring (bicyclic) bond motifs is 1. The molecule has 1 aromatic carbocycles. The zero-order valence-electron chi connectivity index (χ0n) is 7.42. The first-order chi connectivity index (χ1) is 6.16. The number of aliphatic hydroxyl groups is 1. The zero-order chi connectivity index (χ0) is 9.42. The van der Waals surface area contributed by atoms with Crippen molar-refractivity contribution < 1.29 is 5.11 Å². The predicted octanol–water partition coefficient (Wildman–Crippen LogP) is 2.17. The molecule has 0 fully saturated rings. The van der Waals surface area contributed by atoms with Crippen LogP contribution in [0.5, 0.6) is 0 Å². The third-order valence-electron chi connectivity index (χ3n) is 2.43. The standard InChI is InChI=1S/C10H12BrNO/c1-6(13)10-5-7-4-8(11)2-3-9(7)12-10/h2-4,6,10,12-13H,5H2,1H3. The Morgan fingerprint density at radius 3 is 3.08 bits per heavy atom. The molecule has 0 saturated carbocycles. The van der Waals surface area contributed by atoms with Crippen molar-refractivity contribution in [2.45, 2.75) is 25.5 Å². The van der Waals surface area contributed by atoms with Gasteiger partial charge in [0, 0.05) is 10.2 Å². The van der Waals surface area contributed by atoms with Gasteiger partial charge in [0.15, 0.2) is 0 Å². The summed E-state index contributed by atoms with van der Waals surface area (Å²) in [4.78, 5) is 0. The average molecular weight is 242 g/mol. The van der Waals surface area contributed by atoms with E-state index in [1.165, 1.54) is 5.56 Å². The van der Waals surface area contributed by atoms with Crippen LogP contribution < -0.4 is 5.32 Å². The Kier molecular flexibility index (Phi) is 2.30. The van der Waals surface area contributed by atoms with Gasteiger partial charge in [-0.05, 0) is 37.1 Å². The number of aliphatic hydroxyl groups excluding tert-OH is 1. The van der Waals surface area contributed by atoms with Crippen molar-refractivity contribution in [1.82, 2.24) is 0 Å². The Labute approximate surface area is 86.1 Å². The molecule has 13 heavy (non-hydrogen) atoms. The molecular formula is C10H12BrNO. The van der Waals surface area contributed by atoms with Crippen LogP contribution in [0.25, 0.3) is 0 Å². The molecule has 1 aliphatic rings. The van der Waals surface area contributed by atoms with Crippen molar-refractivity contribution in [3.63, 3.8) is 0 Å². The van der Waals surface area contributed by atoms with E-state index >= 15 is 0 Å². The van der Waals surface area contributed by atoms with Crippen molar-refractivity contribution in [3.8, 4) is 0 Å². The number of anilines is 1. The molecule has 70 valence electrons. The zero-order valence-corrected chi connectivity index (χ0v) is 9.01. The Bertz CT molecular complexity index is 325. The first-order valence-corrected chi connectivity index (χ1v) is 5.19. The monoisotopic (exact) mass is 241 g/mol. The number of hydrogen-bond acceptors (Lipinski definition) is 2. The Morgan fingerprint density at radius 1 is 1.62 bits per heavy atom. The summed E-state index contributed by atoms with van der Waals surface area (Å²) in [6.45, 7) is 1.82. The largest absolute Gasteiger partial charge is 0.391 e. The van der Waals surface area contributed by atoms with Crippen LogP contribution in [0.4, 0.5) is 5.69 Å². The fraction of sp³-hybridized carbons (Fsp3) is 0.400. The summed E-state index contributed by atoms with van der Waals surface area (Å²) in [6.07, 6.45) is 0.609. The van der Waals surface area contributed by atoms with Crippen LogP contribution in [0.15, 0.2) is 22.7 Å². The second kappa shape index (κ2) is 3.31. The van der Waals surface area contributed by atoms with Crippen LogP contribution in [0.2, 0.25) is 0 Å². The molecule has 2 nitrogen and oxygen atoms in total. The smallest absolute Gasteiger partial charge is 0.0716 e. The molecule has 1 heterocycles. The Hall–Kier alpha value is -0.540. The minimum absolute atomic E-state index is 0.171. The van der Waals surface area contributed by atoms with Gasteiger partial charge in [-0.1, -0.05) is 15.9 Å². The van der Waals surface area contributed by atoms with E-state index in [0.29, 0.717) is 0 Å². The number of halogens is 1. The van der Waals surface area contributed by atoms with E-state index in [-0.39, 0.29) is 12.1 Å². The lowest BCUT2D eigenvalue weighted by Gasteiger charge is -2.13. The Balaban J connectivity index is 2.25. The van der Waals surface area contributed by atoms with Gasteiger partial charge in [0.2, 0.25) is 0 Å². The highest BCUT2D eigenvalue weighted by molar-refractivity contribution is 9.10. The van der Waals surface area contributed by atoms with Crippen LogP contribution in [-0.2, 0) is 6.42 Å². The van der Waals surface area contributed by atoms with Gasteiger partial charge in [0.1, 0.15) is 0 Å². The number of benzene rings is 1. The molecule has 0 spiro atoms. The molecule has 1 aromatic rings. The fourth-order valence-corrected chi connectivity index (χ4v) is 2.06. The highest BCUT2D eigenvalue weighted by Gasteiger charge is 2.23. The lowest BCUT2D eigenvalue weighted by molar-refractivity contribution is 0.174. The van der Waals surface area contributed by atoms with Gasteiger partial charge in [-0.15, -0.1) is 0 Å². The van der Waals surface area contributed by atoms with Crippen molar-refractivity contribution in [2.75, 3.05) is 5.32 Å². The third-order valence-corrected chi connectivity index (χ3v) is 2.92. The lowest BCUT2D eigenvalue weighted by Crippen LogP contribution is -2.28. The molecule has 0 aromatic heterocycles. The van der Waals surface area contributed by atoms with Gasteiger partial charge in [-0.3, -0.25) is 0 Å². The van der Waals surface area contributed by atoms with Gasteiger partial charge in [0.25, 0.3) is 0 Å². The van der Waals surface area contributed by atoms with Gasteiger partial charge >= 0.3 is 0 Å². The predicted molar refractivity (Wildman–Crippen MR) is 56.9 cm³/mol. The van der Waals surface area contributed by atoms with Gasteiger partial charge in [0.05, 0.1) is 12.1 Å². The molecule has 2 rings (SSSR count). The summed E-state index contributed by atoms with van der Waals surface area (Å²) in [5.41, 5.74) is 2.43. The lowest BCUT2D eigenvalue weighted by atomic mass is 10.1. The molecule has 2 N–H and O–H groups in total. The Morgan fingerprint density at radius 2 is 2.38 bits per heavy atom. The second-order valence-corrected chi connectivity index (χ2v) is 4.41. The van der Waals surface area contributed by atoms with E-state index in [9.17, 15) is 5.11 Å². The van der Waals surface area contributed by atoms with E-state index in [4.69, 9.17) is 0 Å². The molecule has 0 aliphatic carbocycles. The number of rotatable bonds is 1. The summed E-state index contributed by atoms with van der Waals surface area (Å²) in [6, 6.07) is 6.33. The van der Waals surface area contributed by atoms with Crippen molar-refractivity contribution in [3.05, 3.63) is 28.2 Å². The number of nitrogens with one attached hydrogen (secondary N) is 1. The first-order valence-electron chi connectivity index (χ1n) is 4.40. The normalized spacial score (nSPS) is 22.2. The molecule has 3 heteroatoms. The summed E-state index contributed by atoms with van der Waals surface area (Å²) >= 11 is 3.43. The van der Waals surface area contributed by atoms with Crippen molar-refractivity contribution >= 4 is 21.6 Å². The molecule has 2 unspecified atom stereocenters. The van der Waals surface area contributed by atoms with Crippen molar-refractivity contribution in [1.29, 1.82) is 0 Å². The van der Waals surface area contributed by atoms with E-state index in [1.807, 2.05) is 19.1 Å². The topological polar surface area (TPSA) is 32.3 Å². The van der Waals surface area contributed by atoms with E-state index in [1.54, 1.807) is 0 Å². The summed E-state index contributed by atoms with van der Waals surface area (Å²) in [7, 11) is 0. The van der Waals surface area contributed by atoms with E-state index in [2.05, 4.69) is 27.3 Å². The molecule has 0 amide bonds. The number of hydrogen-bond donors (Lipinski definition) is 2. The summed E-state index contributed by atoms with van der Waals surface area (Å²) in [5.74, 6) is 0. The summed E-state index contributed by atoms with van der Waals surface area (Å²) in [5, 5.41) is 12.7. The third kappa shape index (κ3) is 1.71. The van der Waals surface area contributed by atoms with E-state index in [0.717, 1.165) is 16.6 Å². The molecule has 0 bridgehead atoms. The van der Waals surface area contributed by atoms with Crippen LogP contribution >= 0.6 is 15.9 Å². The maximum atomic E-state index is 9.42. The van der Waals surface area contributed by atoms with Crippen LogP contribution in [0, 0.1) is 0 Å². The minimum atomic E-state index is -0.300.